The van der Waals surface area contributed by atoms with Crippen molar-refractivity contribution in [3.05, 3.63) is 12.2 Å². The molecule has 132 valence electrons. The highest BCUT2D eigenvalue weighted by atomic mass is 127. The van der Waals surface area contributed by atoms with Gasteiger partial charge in [0, 0.05) is 27.2 Å². The summed E-state index contributed by atoms with van der Waals surface area (Å²) in [6.45, 7) is 6.93. The third kappa shape index (κ3) is 9.21. The lowest BCUT2D eigenvalue weighted by Gasteiger charge is -2.19. The van der Waals surface area contributed by atoms with E-state index in [0.717, 1.165) is 5.82 Å². The van der Waals surface area contributed by atoms with Gasteiger partial charge in [0.15, 0.2) is 11.8 Å². The number of aryl methyl sites for hydroxylation is 1. The lowest BCUT2D eigenvalue weighted by Crippen LogP contribution is -2.42. The molecule has 0 radical (unpaired) electrons. The number of nitrogens with one attached hydrogen (secondary N) is 3. The summed E-state index contributed by atoms with van der Waals surface area (Å²) in [4.78, 5) is 15.6. The average Bonchev–Trinajstić information content (AvgIpc) is 2.81. The number of nitrogens with zero attached hydrogens (tertiary/aromatic N) is 4. The monoisotopic (exact) mass is 439 g/mol. The quantitative estimate of drug-likeness (QED) is 0.269. The molecular weight excluding hydrogens is 413 g/mol. The van der Waals surface area contributed by atoms with Crippen LogP contribution in [0, 0.1) is 0 Å². The molecule has 0 saturated carbocycles. The summed E-state index contributed by atoms with van der Waals surface area (Å²) in [6.07, 6.45) is 1.20. The van der Waals surface area contributed by atoms with Crippen molar-refractivity contribution < 1.29 is 9.53 Å². The first kappa shape index (κ1) is 21.4. The summed E-state index contributed by atoms with van der Waals surface area (Å²) < 4.78 is 6.96. The summed E-state index contributed by atoms with van der Waals surface area (Å²) in [5.41, 5.74) is -0.495. The van der Waals surface area contributed by atoms with Crippen molar-refractivity contribution in [1.29, 1.82) is 0 Å². The topological polar surface area (TPSA) is 105 Å². The number of aromatic nitrogens is 3. The number of hydrogen-bond acceptors (Lipinski definition) is 5. The number of rotatable bonds is 5. The van der Waals surface area contributed by atoms with E-state index in [1.807, 2.05) is 32.4 Å². The first-order valence-electron chi connectivity index (χ1n) is 7.06. The van der Waals surface area contributed by atoms with Crippen molar-refractivity contribution in [2.24, 2.45) is 12.0 Å². The van der Waals surface area contributed by atoms with E-state index in [4.69, 9.17) is 4.74 Å². The molecule has 3 N–H and O–H groups in total. The number of hydrogen-bond donors (Lipinski definition) is 3. The van der Waals surface area contributed by atoms with E-state index < -0.39 is 11.7 Å². The number of amides is 1. The minimum absolute atomic E-state index is 0. The molecule has 23 heavy (non-hydrogen) atoms. The van der Waals surface area contributed by atoms with E-state index in [2.05, 4.69) is 31.1 Å². The van der Waals surface area contributed by atoms with Crippen LogP contribution in [0.5, 0.6) is 0 Å². The Morgan fingerprint density at radius 2 is 1.96 bits per heavy atom. The van der Waals surface area contributed by atoms with Crippen molar-refractivity contribution in [3.63, 3.8) is 0 Å². The van der Waals surface area contributed by atoms with Crippen molar-refractivity contribution in [2.45, 2.75) is 32.9 Å². The molecule has 0 unspecified atom stereocenters. The van der Waals surface area contributed by atoms with E-state index >= 15 is 0 Å². The highest BCUT2D eigenvalue weighted by Crippen LogP contribution is 2.05. The number of ether oxygens (including phenoxy) is 1. The van der Waals surface area contributed by atoms with Crippen LogP contribution in [0.2, 0.25) is 0 Å². The summed E-state index contributed by atoms with van der Waals surface area (Å²) in [5.74, 6) is 1.42. The van der Waals surface area contributed by atoms with Crippen LogP contribution in [0.3, 0.4) is 0 Å². The number of carbonyl (C=O) groups is 1. The normalized spacial score (nSPS) is 11.4. The largest absolute Gasteiger partial charge is 0.444 e. The molecule has 0 aliphatic heterocycles. The van der Waals surface area contributed by atoms with Crippen LogP contribution < -0.4 is 16.0 Å². The summed E-state index contributed by atoms with van der Waals surface area (Å²) >= 11 is 0. The van der Waals surface area contributed by atoms with Gasteiger partial charge in [-0.25, -0.2) is 4.79 Å². The van der Waals surface area contributed by atoms with Crippen LogP contribution in [0.1, 0.15) is 26.6 Å². The zero-order chi connectivity index (χ0) is 16.6. The standard InChI is InChI=1S/C13H25N7O2.HI/c1-13(2,3)22-12(21)16-7-6-15-11(14-4)17-8-10-19-18-9-20(10)5;/h9H,6-8H2,1-5H3,(H,16,21)(H2,14,15,17);1H. The molecule has 0 atom stereocenters. The lowest BCUT2D eigenvalue weighted by atomic mass is 10.2. The Morgan fingerprint density at radius 3 is 2.48 bits per heavy atom. The van der Waals surface area contributed by atoms with Gasteiger partial charge in [-0.3, -0.25) is 4.99 Å². The third-order valence-electron chi connectivity index (χ3n) is 2.53. The second-order valence-electron chi connectivity index (χ2n) is 5.64. The van der Waals surface area contributed by atoms with Crippen molar-refractivity contribution in [1.82, 2.24) is 30.7 Å². The Labute approximate surface area is 153 Å². The molecule has 0 aromatic carbocycles. The Balaban J connectivity index is 0.00000484. The van der Waals surface area contributed by atoms with Gasteiger partial charge in [0.05, 0.1) is 6.54 Å². The number of aliphatic imine (C=N–C) groups is 1. The van der Waals surface area contributed by atoms with Gasteiger partial charge in [-0.2, -0.15) is 0 Å². The summed E-state index contributed by atoms with van der Waals surface area (Å²) in [6, 6.07) is 0. The van der Waals surface area contributed by atoms with Crippen molar-refractivity contribution >= 4 is 36.0 Å². The maximum absolute atomic E-state index is 11.5. The lowest BCUT2D eigenvalue weighted by molar-refractivity contribution is 0.0529. The second-order valence-corrected chi connectivity index (χ2v) is 5.64. The van der Waals surface area contributed by atoms with E-state index in [1.54, 1.807) is 13.4 Å². The number of alkyl carbamates (subject to hydrolysis) is 1. The van der Waals surface area contributed by atoms with Gasteiger partial charge in [0.1, 0.15) is 11.9 Å². The molecule has 1 amide bonds. The zero-order valence-electron chi connectivity index (χ0n) is 14.2. The highest BCUT2D eigenvalue weighted by Gasteiger charge is 2.15. The summed E-state index contributed by atoms with van der Waals surface area (Å²) in [5, 5.41) is 16.6. The fourth-order valence-corrected chi connectivity index (χ4v) is 1.51. The molecule has 0 aliphatic rings. The fourth-order valence-electron chi connectivity index (χ4n) is 1.51. The van der Waals surface area contributed by atoms with E-state index in [9.17, 15) is 4.79 Å². The molecule has 1 aromatic rings. The Morgan fingerprint density at radius 1 is 1.30 bits per heavy atom. The fraction of sp³-hybridized carbons (Fsp3) is 0.692. The van der Waals surface area contributed by atoms with E-state index in [0.29, 0.717) is 25.6 Å². The van der Waals surface area contributed by atoms with Crippen LogP contribution >= 0.6 is 24.0 Å². The minimum Gasteiger partial charge on any atom is -0.444 e. The van der Waals surface area contributed by atoms with E-state index in [-0.39, 0.29) is 24.0 Å². The number of carbonyl (C=O) groups excluding carboxylic acids is 1. The molecule has 10 heteroatoms. The molecule has 0 bridgehead atoms. The molecule has 0 aliphatic carbocycles. The van der Waals surface area contributed by atoms with Gasteiger partial charge >= 0.3 is 6.09 Å². The van der Waals surface area contributed by atoms with Crippen LogP contribution in [-0.4, -0.2) is 52.6 Å². The predicted octanol–water partition coefficient (Wildman–Crippen LogP) is 0.623. The smallest absolute Gasteiger partial charge is 0.407 e. The van der Waals surface area contributed by atoms with Crippen LogP contribution in [0.15, 0.2) is 11.3 Å². The molecule has 1 rings (SSSR count). The Kier molecular flexibility index (Phi) is 9.53. The van der Waals surface area contributed by atoms with E-state index in [1.165, 1.54) is 0 Å². The molecule has 1 aromatic heterocycles. The van der Waals surface area contributed by atoms with Crippen molar-refractivity contribution in [3.8, 4) is 0 Å². The van der Waals surface area contributed by atoms with Crippen LogP contribution in [0.25, 0.3) is 0 Å². The van der Waals surface area contributed by atoms with Gasteiger partial charge < -0.3 is 25.3 Å². The summed E-state index contributed by atoms with van der Waals surface area (Å²) in [7, 11) is 3.55. The molecule has 9 nitrogen and oxygen atoms in total. The van der Waals surface area contributed by atoms with Gasteiger partial charge in [-0.1, -0.05) is 0 Å². The zero-order valence-corrected chi connectivity index (χ0v) is 16.5. The predicted molar refractivity (Wildman–Crippen MR) is 98.9 cm³/mol. The maximum atomic E-state index is 11.5. The second kappa shape index (κ2) is 10.2. The first-order chi connectivity index (χ1) is 10.3. The third-order valence-corrected chi connectivity index (χ3v) is 2.53. The van der Waals surface area contributed by atoms with Gasteiger partial charge in [0.2, 0.25) is 0 Å². The molecule has 0 saturated heterocycles. The van der Waals surface area contributed by atoms with Crippen LogP contribution in [0.4, 0.5) is 4.79 Å². The first-order valence-corrected chi connectivity index (χ1v) is 7.06. The number of halogens is 1. The molecule has 0 fully saturated rings. The molecular formula is C13H26IN7O2. The Hall–Kier alpha value is -1.59. The molecule has 0 spiro atoms. The number of guanidine groups is 1. The molecule has 1 heterocycles. The van der Waals surface area contributed by atoms with Gasteiger partial charge in [0.25, 0.3) is 0 Å². The highest BCUT2D eigenvalue weighted by molar-refractivity contribution is 14.0. The average molecular weight is 439 g/mol. The SMILES string of the molecule is CN=C(NCCNC(=O)OC(C)(C)C)NCc1nncn1C.I. The maximum Gasteiger partial charge on any atom is 0.407 e. The Bertz CT molecular complexity index is 511. The van der Waals surface area contributed by atoms with Gasteiger partial charge in [-0.05, 0) is 20.8 Å². The van der Waals surface area contributed by atoms with Crippen molar-refractivity contribution in [2.75, 3.05) is 20.1 Å². The van der Waals surface area contributed by atoms with Gasteiger partial charge in [-0.15, -0.1) is 34.2 Å². The van der Waals surface area contributed by atoms with Crippen LogP contribution in [-0.2, 0) is 18.3 Å². The minimum atomic E-state index is -0.495.